The van der Waals surface area contributed by atoms with Gasteiger partial charge in [-0.05, 0) is 37.3 Å². The first-order chi connectivity index (χ1) is 10.0. The van der Waals surface area contributed by atoms with Crippen molar-refractivity contribution in [1.29, 1.82) is 0 Å². The highest BCUT2D eigenvalue weighted by molar-refractivity contribution is 7.99. The van der Waals surface area contributed by atoms with Crippen LogP contribution in [0.2, 0.25) is 0 Å². The molecule has 0 bridgehead atoms. The molecule has 0 aromatic heterocycles. The molecule has 1 aromatic rings. The normalized spacial score (nSPS) is 21.0. The van der Waals surface area contributed by atoms with E-state index in [0.29, 0.717) is 10.9 Å². The zero-order valence-electron chi connectivity index (χ0n) is 11.6. The van der Waals surface area contributed by atoms with Gasteiger partial charge in [0.1, 0.15) is 11.3 Å². The van der Waals surface area contributed by atoms with Gasteiger partial charge in [-0.15, -0.1) is 0 Å². The van der Waals surface area contributed by atoms with Gasteiger partial charge < -0.3 is 20.8 Å². The van der Waals surface area contributed by atoms with Crippen LogP contribution in [-0.4, -0.2) is 39.8 Å². The van der Waals surface area contributed by atoms with Crippen molar-refractivity contribution in [2.24, 2.45) is 0 Å². The third-order valence-corrected chi connectivity index (χ3v) is 4.73. The first-order valence-corrected chi connectivity index (χ1v) is 7.96. The summed E-state index contributed by atoms with van der Waals surface area (Å²) in [5.41, 5.74) is 0.0945. The summed E-state index contributed by atoms with van der Waals surface area (Å²) in [6.45, 7) is 0. The maximum Gasteiger partial charge on any atom is 0.339 e. The van der Waals surface area contributed by atoms with Crippen molar-refractivity contribution < 1.29 is 19.8 Å². The van der Waals surface area contributed by atoms with E-state index in [-0.39, 0.29) is 23.4 Å². The van der Waals surface area contributed by atoms with Crippen molar-refractivity contribution in [3.05, 3.63) is 23.8 Å². The molecule has 1 aliphatic carbocycles. The predicted molar refractivity (Wildman–Crippen MR) is 82.2 cm³/mol. The van der Waals surface area contributed by atoms with Gasteiger partial charge in [0.25, 0.3) is 0 Å². The Bertz CT molecular complexity index is 550. The maximum absolute atomic E-state index is 12.0. The van der Waals surface area contributed by atoms with Gasteiger partial charge in [-0.25, -0.2) is 9.59 Å². The Hall–Kier alpha value is -1.89. The van der Waals surface area contributed by atoms with Gasteiger partial charge >= 0.3 is 12.0 Å². The van der Waals surface area contributed by atoms with E-state index in [1.165, 1.54) is 18.2 Å². The van der Waals surface area contributed by atoms with Gasteiger partial charge in [-0.1, -0.05) is 6.42 Å². The number of hydrogen-bond donors (Lipinski definition) is 4. The smallest absolute Gasteiger partial charge is 0.339 e. The second kappa shape index (κ2) is 6.71. The Labute approximate surface area is 126 Å². The van der Waals surface area contributed by atoms with Crippen LogP contribution in [0.1, 0.15) is 29.6 Å². The Morgan fingerprint density at radius 3 is 2.76 bits per heavy atom. The minimum absolute atomic E-state index is 0.135. The van der Waals surface area contributed by atoms with Crippen LogP contribution in [0.4, 0.5) is 10.5 Å². The number of carbonyl (C=O) groups excluding carboxylic acids is 1. The van der Waals surface area contributed by atoms with Gasteiger partial charge in [-0.2, -0.15) is 11.8 Å². The fourth-order valence-corrected chi connectivity index (χ4v) is 3.43. The number of benzene rings is 1. The molecule has 2 atom stereocenters. The van der Waals surface area contributed by atoms with Crippen molar-refractivity contribution in [3.8, 4) is 5.75 Å². The molecule has 6 nitrogen and oxygen atoms in total. The third-order valence-electron chi connectivity index (χ3n) is 3.56. The fraction of sp³-hybridized carbons (Fsp3) is 0.429. The molecule has 21 heavy (non-hydrogen) atoms. The highest BCUT2D eigenvalue weighted by atomic mass is 32.2. The second-order valence-corrected chi connectivity index (χ2v) is 6.02. The summed E-state index contributed by atoms with van der Waals surface area (Å²) in [6, 6.07) is 3.72. The molecule has 0 saturated heterocycles. The van der Waals surface area contributed by atoms with E-state index in [0.717, 1.165) is 19.3 Å². The third kappa shape index (κ3) is 3.81. The Morgan fingerprint density at radius 1 is 1.33 bits per heavy atom. The standard InChI is InChI=1S/C14H18N2O4S/c1-21-12-4-2-3-10(12)16-14(20)15-8-5-6-11(17)9(7-8)13(18)19/h5-7,10,12,17H,2-4H2,1H3,(H,18,19)(H2,15,16,20). The maximum atomic E-state index is 12.0. The lowest BCUT2D eigenvalue weighted by Gasteiger charge is -2.19. The molecule has 2 unspecified atom stereocenters. The SMILES string of the molecule is CSC1CCCC1NC(=O)Nc1ccc(O)c(C(=O)O)c1. The number of urea groups is 1. The first kappa shape index (κ1) is 15.5. The molecule has 114 valence electrons. The number of nitrogens with one attached hydrogen (secondary N) is 2. The van der Waals surface area contributed by atoms with Crippen LogP contribution in [0.5, 0.6) is 5.75 Å². The number of rotatable bonds is 4. The van der Waals surface area contributed by atoms with E-state index >= 15 is 0 Å². The van der Waals surface area contributed by atoms with E-state index in [9.17, 15) is 14.7 Å². The highest BCUT2D eigenvalue weighted by Gasteiger charge is 2.27. The lowest BCUT2D eigenvalue weighted by Crippen LogP contribution is -2.41. The van der Waals surface area contributed by atoms with Crippen LogP contribution in [-0.2, 0) is 0 Å². The van der Waals surface area contributed by atoms with Gasteiger partial charge in [0.2, 0.25) is 0 Å². The summed E-state index contributed by atoms with van der Waals surface area (Å²) in [6.07, 6.45) is 5.17. The number of aromatic hydroxyl groups is 1. The van der Waals surface area contributed by atoms with Crippen LogP contribution >= 0.6 is 11.8 Å². The quantitative estimate of drug-likeness (QED) is 0.640. The lowest BCUT2D eigenvalue weighted by molar-refractivity contribution is 0.0693. The van der Waals surface area contributed by atoms with Gasteiger partial charge in [0.05, 0.1) is 0 Å². The zero-order chi connectivity index (χ0) is 15.4. The van der Waals surface area contributed by atoms with Crippen molar-refractivity contribution in [1.82, 2.24) is 5.32 Å². The first-order valence-electron chi connectivity index (χ1n) is 6.68. The van der Waals surface area contributed by atoms with Gasteiger partial charge in [-0.3, -0.25) is 0 Å². The van der Waals surface area contributed by atoms with Crippen molar-refractivity contribution >= 4 is 29.4 Å². The molecule has 0 spiro atoms. The predicted octanol–water partition coefficient (Wildman–Crippen LogP) is 2.50. The average molecular weight is 310 g/mol. The number of amides is 2. The summed E-state index contributed by atoms with van der Waals surface area (Å²) < 4.78 is 0. The van der Waals surface area contributed by atoms with E-state index in [1.54, 1.807) is 11.8 Å². The minimum Gasteiger partial charge on any atom is -0.507 e. The van der Waals surface area contributed by atoms with Crippen LogP contribution in [0.15, 0.2) is 18.2 Å². The van der Waals surface area contributed by atoms with Crippen molar-refractivity contribution in [3.63, 3.8) is 0 Å². The average Bonchev–Trinajstić information content (AvgIpc) is 2.87. The largest absolute Gasteiger partial charge is 0.507 e. The molecule has 0 heterocycles. The number of carboxylic acids is 1. The molecule has 1 saturated carbocycles. The number of carbonyl (C=O) groups is 2. The Morgan fingerprint density at radius 2 is 2.10 bits per heavy atom. The van der Waals surface area contributed by atoms with E-state index in [2.05, 4.69) is 10.6 Å². The molecule has 0 radical (unpaired) electrons. The van der Waals surface area contributed by atoms with Gasteiger partial charge in [0.15, 0.2) is 0 Å². The van der Waals surface area contributed by atoms with Crippen molar-refractivity contribution in [2.45, 2.75) is 30.6 Å². The Balaban J connectivity index is 1.99. The van der Waals surface area contributed by atoms with Gasteiger partial charge in [0, 0.05) is 17.0 Å². The zero-order valence-corrected chi connectivity index (χ0v) is 12.4. The summed E-state index contributed by atoms with van der Waals surface area (Å²) in [4.78, 5) is 22.9. The monoisotopic (exact) mass is 310 g/mol. The summed E-state index contributed by atoms with van der Waals surface area (Å²) >= 11 is 1.74. The summed E-state index contributed by atoms with van der Waals surface area (Å²) in [5, 5.41) is 24.3. The topological polar surface area (TPSA) is 98.7 Å². The summed E-state index contributed by atoms with van der Waals surface area (Å²) in [7, 11) is 0. The van der Waals surface area contributed by atoms with Crippen LogP contribution < -0.4 is 10.6 Å². The molecule has 0 aliphatic heterocycles. The van der Waals surface area contributed by atoms with Crippen LogP contribution in [0.3, 0.4) is 0 Å². The number of thioether (sulfide) groups is 1. The molecule has 7 heteroatoms. The molecule has 2 amide bonds. The fourth-order valence-electron chi connectivity index (χ4n) is 2.49. The molecular formula is C14H18N2O4S. The van der Waals surface area contributed by atoms with E-state index < -0.39 is 5.97 Å². The number of aromatic carboxylic acids is 1. The highest BCUT2D eigenvalue weighted by Crippen LogP contribution is 2.28. The van der Waals surface area contributed by atoms with Crippen molar-refractivity contribution in [2.75, 3.05) is 11.6 Å². The molecule has 1 fully saturated rings. The molecule has 2 rings (SSSR count). The van der Waals surface area contributed by atoms with E-state index in [1.807, 2.05) is 6.26 Å². The second-order valence-electron chi connectivity index (χ2n) is 4.95. The van der Waals surface area contributed by atoms with E-state index in [4.69, 9.17) is 5.11 Å². The summed E-state index contributed by atoms with van der Waals surface area (Å²) in [5.74, 6) is -1.57. The minimum atomic E-state index is -1.24. The Kier molecular flexibility index (Phi) is 4.95. The number of hydrogen-bond acceptors (Lipinski definition) is 4. The number of phenols is 1. The molecule has 4 N–H and O–H groups in total. The molecule has 1 aliphatic rings. The van der Waals surface area contributed by atoms with Crippen LogP contribution in [0.25, 0.3) is 0 Å². The van der Waals surface area contributed by atoms with Crippen LogP contribution in [0, 0.1) is 0 Å². The molecular weight excluding hydrogens is 292 g/mol. The number of carboxylic acid groups (broad SMARTS) is 1. The number of anilines is 1. The molecule has 1 aromatic carbocycles. The lowest BCUT2D eigenvalue weighted by atomic mass is 10.2.